The minimum absolute atomic E-state index is 0.188. The monoisotopic (exact) mass is 289 g/mol. The van der Waals surface area contributed by atoms with Crippen LogP contribution in [-0.4, -0.2) is 40.3 Å². The van der Waals surface area contributed by atoms with Crippen molar-refractivity contribution in [2.45, 2.75) is 38.3 Å². The van der Waals surface area contributed by atoms with E-state index in [2.05, 4.69) is 4.90 Å². The van der Waals surface area contributed by atoms with Gasteiger partial charge in [0.1, 0.15) is 0 Å². The standard InChI is InChI=1S/C17H23NO3/c19-13-16-8-2-1-5-11-18(16)12-15-7-4-3-6-14(15)9-10-17(20)21/h3-4,6-7,9-10,16,19H,1-2,5,8,11-13H2,(H,20,21)/b10-9+. The molecule has 1 aromatic carbocycles. The number of hydrogen-bond acceptors (Lipinski definition) is 3. The Morgan fingerprint density at radius 1 is 1.29 bits per heavy atom. The first-order chi connectivity index (χ1) is 10.2. The number of aliphatic carboxylic acids is 1. The lowest BCUT2D eigenvalue weighted by Crippen LogP contribution is -2.37. The Morgan fingerprint density at radius 3 is 2.86 bits per heavy atom. The van der Waals surface area contributed by atoms with Crippen LogP contribution in [0.25, 0.3) is 6.08 Å². The van der Waals surface area contributed by atoms with Gasteiger partial charge in [0.25, 0.3) is 0 Å². The van der Waals surface area contributed by atoms with Crippen molar-refractivity contribution in [2.75, 3.05) is 13.2 Å². The highest BCUT2D eigenvalue weighted by Crippen LogP contribution is 2.21. The Hall–Kier alpha value is -1.65. The molecule has 1 fully saturated rings. The fraction of sp³-hybridized carbons (Fsp3) is 0.471. The van der Waals surface area contributed by atoms with E-state index < -0.39 is 5.97 Å². The highest BCUT2D eigenvalue weighted by atomic mass is 16.4. The lowest BCUT2D eigenvalue weighted by Gasteiger charge is -2.29. The van der Waals surface area contributed by atoms with Crippen molar-refractivity contribution in [3.05, 3.63) is 41.5 Å². The molecule has 2 N–H and O–H groups in total. The second kappa shape index (κ2) is 7.96. The number of aliphatic hydroxyl groups excluding tert-OH is 1. The van der Waals surface area contributed by atoms with Crippen molar-refractivity contribution in [2.24, 2.45) is 0 Å². The van der Waals surface area contributed by atoms with E-state index in [1.165, 1.54) is 18.9 Å². The van der Waals surface area contributed by atoms with Gasteiger partial charge in [-0.2, -0.15) is 0 Å². The molecule has 2 rings (SSSR count). The number of carbonyl (C=O) groups is 1. The van der Waals surface area contributed by atoms with Gasteiger partial charge in [0.05, 0.1) is 6.61 Å². The van der Waals surface area contributed by atoms with Gasteiger partial charge in [0.2, 0.25) is 0 Å². The predicted octanol–water partition coefficient (Wildman–Crippen LogP) is 2.52. The van der Waals surface area contributed by atoms with Crippen LogP contribution in [0.2, 0.25) is 0 Å². The quantitative estimate of drug-likeness (QED) is 0.818. The molecular formula is C17H23NO3. The molecule has 0 bridgehead atoms. The largest absolute Gasteiger partial charge is 0.478 e. The Bertz CT molecular complexity index is 499. The number of carboxylic acid groups (broad SMARTS) is 1. The fourth-order valence-electron chi connectivity index (χ4n) is 2.87. The van der Waals surface area contributed by atoms with E-state index in [0.717, 1.165) is 37.1 Å². The third-order valence-electron chi connectivity index (χ3n) is 4.04. The van der Waals surface area contributed by atoms with Crippen LogP contribution >= 0.6 is 0 Å². The summed E-state index contributed by atoms with van der Waals surface area (Å²) in [5, 5.41) is 18.4. The molecule has 1 aliphatic heterocycles. The second-order valence-electron chi connectivity index (χ2n) is 5.53. The van der Waals surface area contributed by atoms with Crippen molar-refractivity contribution in [3.8, 4) is 0 Å². The Kier molecular flexibility index (Phi) is 5.96. The number of carboxylic acids is 1. The highest BCUT2D eigenvalue weighted by Gasteiger charge is 2.20. The molecule has 21 heavy (non-hydrogen) atoms. The first-order valence-electron chi connectivity index (χ1n) is 7.54. The van der Waals surface area contributed by atoms with Crippen molar-refractivity contribution in [1.82, 2.24) is 4.90 Å². The highest BCUT2D eigenvalue weighted by molar-refractivity contribution is 5.85. The molecule has 0 aliphatic carbocycles. The summed E-state index contributed by atoms with van der Waals surface area (Å²) in [5.41, 5.74) is 2.04. The zero-order valence-corrected chi connectivity index (χ0v) is 12.2. The Balaban J connectivity index is 2.15. The molecule has 0 aromatic heterocycles. The van der Waals surface area contributed by atoms with Gasteiger partial charge >= 0.3 is 5.97 Å². The number of hydrogen-bond donors (Lipinski definition) is 2. The van der Waals surface area contributed by atoms with Crippen molar-refractivity contribution in [1.29, 1.82) is 0 Å². The van der Waals surface area contributed by atoms with Crippen LogP contribution < -0.4 is 0 Å². The van der Waals surface area contributed by atoms with E-state index in [0.29, 0.717) is 0 Å². The number of rotatable bonds is 5. The van der Waals surface area contributed by atoms with Crippen LogP contribution in [0, 0.1) is 0 Å². The maximum Gasteiger partial charge on any atom is 0.328 e. The van der Waals surface area contributed by atoms with Crippen molar-refractivity contribution in [3.63, 3.8) is 0 Å². The molecule has 0 spiro atoms. The second-order valence-corrected chi connectivity index (χ2v) is 5.53. The molecule has 1 heterocycles. The van der Waals surface area contributed by atoms with Gasteiger partial charge in [-0.15, -0.1) is 0 Å². The summed E-state index contributed by atoms with van der Waals surface area (Å²) in [6.45, 7) is 1.93. The molecule has 4 nitrogen and oxygen atoms in total. The molecule has 0 amide bonds. The smallest absolute Gasteiger partial charge is 0.328 e. The summed E-state index contributed by atoms with van der Waals surface area (Å²) >= 11 is 0. The zero-order chi connectivity index (χ0) is 15.1. The first kappa shape index (κ1) is 15.7. The number of nitrogens with zero attached hydrogens (tertiary/aromatic N) is 1. The molecule has 1 saturated heterocycles. The van der Waals surface area contributed by atoms with Gasteiger partial charge < -0.3 is 10.2 Å². The van der Waals surface area contributed by atoms with E-state index in [1.54, 1.807) is 6.08 Å². The van der Waals surface area contributed by atoms with Crippen LogP contribution in [0.4, 0.5) is 0 Å². The fourth-order valence-corrected chi connectivity index (χ4v) is 2.87. The predicted molar refractivity (Wildman–Crippen MR) is 82.9 cm³/mol. The maximum absolute atomic E-state index is 10.7. The van der Waals surface area contributed by atoms with E-state index in [1.807, 2.05) is 24.3 Å². The lowest BCUT2D eigenvalue weighted by atomic mass is 10.0. The third kappa shape index (κ3) is 4.69. The zero-order valence-electron chi connectivity index (χ0n) is 12.2. The maximum atomic E-state index is 10.7. The molecular weight excluding hydrogens is 266 g/mol. The average molecular weight is 289 g/mol. The van der Waals surface area contributed by atoms with E-state index >= 15 is 0 Å². The van der Waals surface area contributed by atoms with E-state index in [9.17, 15) is 9.90 Å². The molecule has 0 radical (unpaired) electrons. The SMILES string of the molecule is O=C(O)/C=C/c1ccccc1CN1CCCCCC1CO. The summed E-state index contributed by atoms with van der Waals surface area (Å²) in [4.78, 5) is 13.0. The third-order valence-corrected chi connectivity index (χ3v) is 4.04. The van der Waals surface area contributed by atoms with Crippen LogP contribution in [0.15, 0.2) is 30.3 Å². The summed E-state index contributed by atoms with van der Waals surface area (Å²) in [6.07, 6.45) is 7.39. The Morgan fingerprint density at radius 2 is 2.10 bits per heavy atom. The van der Waals surface area contributed by atoms with Crippen LogP contribution in [0.1, 0.15) is 36.8 Å². The van der Waals surface area contributed by atoms with Gasteiger partial charge in [-0.05, 0) is 36.6 Å². The van der Waals surface area contributed by atoms with Gasteiger partial charge in [0, 0.05) is 18.7 Å². The Labute approximate surface area is 125 Å². The summed E-state index contributed by atoms with van der Waals surface area (Å²) < 4.78 is 0. The molecule has 1 atom stereocenters. The molecule has 1 unspecified atom stereocenters. The van der Waals surface area contributed by atoms with Gasteiger partial charge in [-0.3, -0.25) is 4.90 Å². The van der Waals surface area contributed by atoms with Gasteiger partial charge in [-0.25, -0.2) is 4.79 Å². The van der Waals surface area contributed by atoms with Crippen molar-refractivity contribution >= 4 is 12.0 Å². The normalized spacial score (nSPS) is 20.5. The van der Waals surface area contributed by atoms with Crippen LogP contribution in [-0.2, 0) is 11.3 Å². The summed E-state index contributed by atoms with van der Waals surface area (Å²) in [5.74, 6) is -0.937. The lowest BCUT2D eigenvalue weighted by molar-refractivity contribution is -0.131. The van der Waals surface area contributed by atoms with Crippen molar-refractivity contribution < 1.29 is 15.0 Å². The van der Waals surface area contributed by atoms with Gasteiger partial charge in [-0.1, -0.05) is 37.1 Å². The first-order valence-corrected chi connectivity index (χ1v) is 7.54. The molecule has 4 heteroatoms. The van der Waals surface area contributed by atoms with E-state index in [-0.39, 0.29) is 12.6 Å². The topological polar surface area (TPSA) is 60.8 Å². The minimum atomic E-state index is -0.937. The number of benzene rings is 1. The number of likely N-dealkylation sites (tertiary alicyclic amines) is 1. The van der Waals surface area contributed by atoms with Crippen LogP contribution in [0.5, 0.6) is 0 Å². The van der Waals surface area contributed by atoms with E-state index in [4.69, 9.17) is 5.11 Å². The minimum Gasteiger partial charge on any atom is -0.478 e. The summed E-state index contributed by atoms with van der Waals surface area (Å²) in [7, 11) is 0. The average Bonchev–Trinajstić information content (AvgIpc) is 2.71. The molecule has 114 valence electrons. The molecule has 1 aliphatic rings. The molecule has 1 aromatic rings. The number of aliphatic hydroxyl groups is 1. The van der Waals surface area contributed by atoms with Gasteiger partial charge in [0.15, 0.2) is 0 Å². The molecule has 0 saturated carbocycles. The van der Waals surface area contributed by atoms with Crippen LogP contribution in [0.3, 0.4) is 0 Å². The summed E-state index contributed by atoms with van der Waals surface area (Å²) in [6, 6.07) is 8.06.